The zero-order valence-corrected chi connectivity index (χ0v) is 13.7. The highest BCUT2D eigenvalue weighted by Gasteiger charge is 2.15. The highest BCUT2D eigenvalue weighted by molar-refractivity contribution is 5.93. The average Bonchev–Trinajstić information content (AvgIpc) is 2.92. The standard InChI is InChI=1S/C17H21N3O3/c1-11(2)15-7-5-14(6-8-15)10-18-23-13(4)17(21)19-16-9-12(3)22-20-16/h5-11,13H,1-4H3,(H,19,20,21). The lowest BCUT2D eigenvalue weighted by Crippen LogP contribution is -2.26. The van der Waals surface area contributed by atoms with E-state index in [0.29, 0.717) is 17.5 Å². The van der Waals surface area contributed by atoms with Crippen LogP contribution in [0.25, 0.3) is 0 Å². The van der Waals surface area contributed by atoms with Crippen molar-refractivity contribution in [3.05, 3.63) is 47.2 Å². The Kier molecular flexibility index (Phi) is 5.51. The van der Waals surface area contributed by atoms with E-state index in [2.05, 4.69) is 41.6 Å². The predicted molar refractivity (Wildman–Crippen MR) is 88.5 cm³/mol. The Labute approximate surface area is 135 Å². The molecule has 0 aliphatic rings. The quantitative estimate of drug-likeness (QED) is 0.654. The van der Waals surface area contributed by atoms with Crippen LogP contribution in [0.4, 0.5) is 5.82 Å². The summed E-state index contributed by atoms with van der Waals surface area (Å²) in [5, 5.41) is 10.1. The van der Waals surface area contributed by atoms with Crippen molar-refractivity contribution in [1.29, 1.82) is 0 Å². The van der Waals surface area contributed by atoms with Crippen LogP contribution < -0.4 is 5.32 Å². The van der Waals surface area contributed by atoms with E-state index in [-0.39, 0.29) is 5.91 Å². The van der Waals surface area contributed by atoms with Gasteiger partial charge in [0.1, 0.15) is 5.76 Å². The van der Waals surface area contributed by atoms with Crippen LogP contribution in [-0.2, 0) is 9.63 Å². The molecule has 1 aromatic heterocycles. The first-order chi connectivity index (χ1) is 11.0. The number of hydrogen-bond donors (Lipinski definition) is 1. The van der Waals surface area contributed by atoms with Crippen LogP contribution >= 0.6 is 0 Å². The van der Waals surface area contributed by atoms with E-state index < -0.39 is 6.10 Å². The van der Waals surface area contributed by atoms with Crippen LogP contribution in [0.15, 0.2) is 40.0 Å². The number of carbonyl (C=O) groups excluding carboxylic acids is 1. The number of aromatic nitrogens is 1. The molecule has 6 nitrogen and oxygen atoms in total. The molecular formula is C17H21N3O3. The number of nitrogens with zero attached hydrogens (tertiary/aromatic N) is 2. The molecule has 0 bridgehead atoms. The molecule has 2 rings (SSSR count). The third-order valence-electron chi connectivity index (χ3n) is 3.27. The Balaban J connectivity index is 1.85. The van der Waals surface area contributed by atoms with Gasteiger partial charge in [0.2, 0.25) is 6.10 Å². The van der Waals surface area contributed by atoms with Crippen molar-refractivity contribution in [2.45, 2.75) is 39.7 Å². The Bertz CT molecular complexity index is 675. The minimum atomic E-state index is -0.738. The zero-order chi connectivity index (χ0) is 16.8. The molecule has 0 spiro atoms. The molecule has 0 aliphatic carbocycles. The topological polar surface area (TPSA) is 76.7 Å². The van der Waals surface area contributed by atoms with E-state index in [1.807, 2.05) is 12.1 Å². The van der Waals surface area contributed by atoms with Crippen LogP contribution in [0.2, 0.25) is 0 Å². The van der Waals surface area contributed by atoms with Crippen molar-refractivity contribution in [3.63, 3.8) is 0 Å². The fourth-order valence-corrected chi connectivity index (χ4v) is 1.85. The Hall–Kier alpha value is -2.63. The number of nitrogens with one attached hydrogen (secondary N) is 1. The van der Waals surface area contributed by atoms with Gasteiger partial charge >= 0.3 is 0 Å². The summed E-state index contributed by atoms with van der Waals surface area (Å²) in [4.78, 5) is 17.1. The van der Waals surface area contributed by atoms with Gasteiger partial charge in [-0.2, -0.15) is 0 Å². The Morgan fingerprint density at radius 3 is 2.57 bits per heavy atom. The van der Waals surface area contributed by atoms with E-state index >= 15 is 0 Å². The first-order valence-corrected chi connectivity index (χ1v) is 7.49. The zero-order valence-electron chi connectivity index (χ0n) is 13.7. The Morgan fingerprint density at radius 2 is 2.00 bits per heavy atom. The number of aryl methyl sites for hydroxylation is 1. The third kappa shape index (κ3) is 4.95. The van der Waals surface area contributed by atoms with Crippen LogP contribution in [0, 0.1) is 6.92 Å². The van der Waals surface area contributed by atoms with Crippen LogP contribution in [0.5, 0.6) is 0 Å². The molecule has 0 radical (unpaired) electrons. The minimum absolute atomic E-state index is 0.342. The second-order valence-electron chi connectivity index (χ2n) is 5.62. The van der Waals surface area contributed by atoms with Crippen LogP contribution in [-0.4, -0.2) is 23.4 Å². The SMILES string of the molecule is Cc1cc(NC(=O)C(C)ON=Cc2ccc(C(C)C)cc2)no1. The second kappa shape index (κ2) is 7.58. The molecule has 0 fully saturated rings. The maximum Gasteiger partial charge on any atom is 0.269 e. The van der Waals surface area contributed by atoms with Crippen molar-refractivity contribution >= 4 is 17.9 Å². The summed E-state index contributed by atoms with van der Waals surface area (Å²) in [5.74, 6) is 1.12. The van der Waals surface area contributed by atoms with Crippen molar-refractivity contribution in [2.75, 3.05) is 5.32 Å². The fraction of sp³-hybridized carbons (Fsp3) is 0.353. The number of hydrogen-bond acceptors (Lipinski definition) is 5. The van der Waals surface area contributed by atoms with Gasteiger partial charge in [0, 0.05) is 6.07 Å². The summed E-state index contributed by atoms with van der Waals surface area (Å²) in [6.45, 7) is 7.64. The largest absolute Gasteiger partial charge is 0.383 e. The summed E-state index contributed by atoms with van der Waals surface area (Å²) in [7, 11) is 0. The fourth-order valence-electron chi connectivity index (χ4n) is 1.85. The highest BCUT2D eigenvalue weighted by atomic mass is 16.6. The number of amides is 1. The molecule has 1 N–H and O–H groups in total. The highest BCUT2D eigenvalue weighted by Crippen LogP contribution is 2.14. The molecule has 1 amide bonds. The lowest BCUT2D eigenvalue weighted by atomic mass is 10.0. The van der Waals surface area contributed by atoms with Crippen LogP contribution in [0.1, 0.15) is 43.6 Å². The average molecular weight is 315 g/mol. The summed E-state index contributed by atoms with van der Waals surface area (Å²) in [5.41, 5.74) is 2.17. The summed E-state index contributed by atoms with van der Waals surface area (Å²) in [6, 6.07) is 9.66. The summed E-state index contributed by atoms with van der Waals surface area (Å²) >= 11 is 0. The van der Waals surface area contributed by atoms with Crippen molar-refractivity contribution in [3.8, 4) is 0 Å². The van der Waals surface area contributed by atoms with Gasteiger partial charge in [-0.05, 0) is 30.9 Å². The Morgan fingerprint density at radius 1 is 1.30 bits per heavy atom. The smallest absolute Gasteiger partial charge is 0.269 e. The molecule has 1 heterocycles. The molecule has 1 unspecified atom stereocenters. The van der Waals surface area contributed by atoms with Crippen molar-refractivity contribution in [2.24, 2.45) is 5.16 Å². The van der Waals surface area contributed by atoms with Gasteiger partial charge in [-0.15, -0.1) is 0 Å². The molecule has 122 valence electrons. The lowest BCUT2D eigenvalue weighted by molar-refractivity contribution is -0.126. The number of oxime groups is 1. The molecule has 0 saturated heterocycles. The molecule has 0 saturated carbocycles. The van der Waals surface area contributed by atoms with Crippen molar-refractivity contribution in [1.82, 2.24) is 5.16 Å². The minimum Gasteiger partial charge on any atom is -0.383 e. The lowest BCUT2D eigenvalue weighted by Gasteiger charge is -2.08. The molecular weight excluding hydrogens is 294 g/mol. The van der Waals surface area contributed by atoms with E-state index in [0.717, 1.165) is 5.56 Å². The number of carbonyl (C=O) groups is 1. The van der Waals surface area contributed by atoms with Gasteiger partial charge in [-0.3, -0.25) is 4.79 Å². The van der Waals surface area contributed by atoms with Gasteiger partial charge in [-0.25, -0.2) is 0 Å². The van der Waals surface area contributed by atoms with Gasteiger partial charge in [-0.1, -0.05) is 48.4 Å². The summed E-state index contributed by atoms with van der Waals surface area (Å²) < 4.78 is 4.88. The maximum absolute atomic E-state index is 11.9. The first-order valence-electron chi connectivity index (χ1n) is 7.49. The first kappa shape index (κ1) is 16.7. The predicted octanol–water partition coefficient (Wildman–Crippen LogP) is 3.48. The van der Waals surface area contributed by atoms with Gasteiger partial charge in [0.25, 0.3) is 5.91 Å². The molecule has 2 aromatic rings. The molecule has 23 heavy (non-hydrogen) atoms. The maximum atomic E-state index is 11.9. The number of anilines is 1. The number of rotatable bonds is 6. The molecule has 0 aliphatic heterocycles. The summed E-state index contributed by atoms with van der Waals surface area (Å²) in [6.07, 6.45) is 0.840. The van der Waals surface area contributed by atoms with Gasteiger partial charge < -0.3 is 14.7 Å². The normalized spacial score (nSPS) is 12.6. The molecule has 1 aromatic carbocycles. The van der Waals surface area contributed by atoms with Gasteiger partial charge in [0.05, 0.1) is 6.21 Å². The number of benzene rings is 1. The third-order valence-corrected chi connectivity index (χ3v) is 3.27. The van der Waals surface area contributed by atoms with Gasteiger partial charge in [0.15, 0.2) is 5.82 Å². The van der Waals surface area contributed by atoms with Crippen LogP contribution in [0.3, 0.4) is 0 Å². The second-order valence-corrected chi connectivity index (χ2v) is 5.62. The van der Waals surface area contributed by atoms with E-state index in [4.69, 9.17) is 9.36 Å². The van der Waals surface area contributed by atoms with E-state index in [1.165, 1.54) is 5.56 Å². The van der Waals surface area contributed by atoms with Crippen molar-refractivity contribution < 1.29 is 14.2 Å². The molecule has 6 heteroatoms. The molecule has 1 atom stereocenters. The monoisotopic (exact) mass is 315 g/mol. The van der Waals surface area contributed by atoms with E-state index in [1.54, 1.807) is 26.1 Å². The van der Waals surface area contributed by atoms with E-state index in [9.17, 15) is 4.79 Å².